The summed E-state index contributed by atoms with van der Waals surface area (Å²) in [6, 6.07) is 3.59. The van der Waals surface area contributed by atoms with E-state index in [4.69, 9.17) is 0 Å². The minimum absolute atomic E-state index is 0.237. The first-order valence-electron chi connectivity index (χ1n) is 4.57. The molecule has 1 aromatic heterocycles. The fourth-order valence-corrected chi connectivity index (χ4v) is 1.35. The lowest BCUT2D eigenvalue weighted by Crippen LogP contribution is -2.09. The zero-order valence-electron chi connectivity index (χ0n) is 8.39. The van der Waals surface area contributed by atoms with Crippen LogP contribution in [0.1, 0.15) is 13.8 Å². The molecular weight excluding hydrogens is 196 g/mol. The van der Waals surface area contributed by atoms with Gasteiger partial charge in [-0.25, -0.2) is 4.63 Å². The molecule has 1 aromatic carbocycles. The average molecular weight is 206 g/mol. The maximum atomic E-state index is 10.5. The van der Waals surface area contributed by atoms with Crippen LogP contribution >= 0.6 is 0 Å². The monoisotopic (exact) mass is 206 g/mol. The molecule has 6 heteroatoms. The number of hydrogen-bond donors (Lipinski definition) is 1. The second-order valence-electron chi connectivity index (χ2n) is 3.48. The number of nitrogens with one attached hydrogen (secondary N) is 1. The zero-order chi connectivity index (χ0) is 10.8. The van der Waals surface area contributed by atoms with Crippen molar-refractivity contribution >= 4 is 22.4 Å². The van der Waals surface area contributed by atoms with Gasteiger partial charge in [0.15, 0.2) is 11.0 Å². The molecule has 0 unspecified atom stereocenters. The highest BCUT2D eigenvalue weighted by Crippen LogP contribution is 2.29. The molecule has 0 saturated heterocycles. The van der Waals surface area contributed by atoms with Gasteiger partial charge in [-0.1, -0.05) is 0 Å². The van der Waals surface area contributed by atoms with Crippen molar-refractivity contribution in [2.24, 2.45) is 5.18 Å². The molecule has 0 saturated carbocycles. The second kappa shape index (κ2) is 3.64. The molecule has 2 aromatic rings. The van der Waals surface area contributed by atoms with E-state index >= 15 is 0 Å². The molecule has 1 N–H and O–H groups in total. The summed E-state index contributed by atoms with van der Waals surface area (Å²) >= 11 is 0. The first kappa shape index (κ1) is 9.57. The Hall–Kier alpha value is -1.98. The number of nitrogens with zero attached hydrogens (tertiary/aromatic N) is 3. The van der Waals surface area contributed by atoms with Crippen molar-refractivity contribution < 1.29 is 4.63 Å². The highest BCUT2D eigenvalue weighted by atomic mass is 16.6. The van der Waals surface area contributed by atoms with E-state index in [0.29, 0.717) is 11.0 Å². The van der Waals surface area contributed by atoms with Crippen molar-refractivity contribution in [3.05, 3.63) is 17.0 Å². The van der Waals surface area contributed by atoms with Crippen LogP contribution in [-0.2, 0) is 0 Å². The summed E-state index contributed by atoms with van der Waals surface area (Å²) in [7, 11) is 0. The molecule has 0 aliphatic heterocycles. The Morgan fingerprint density at radius 2 is 2.07 bits per heavy atom. The van der Waals surface area contributed by atoms with Crippen molar-refractivity contribution in [3.63, 3.8) is 0 Å². The molecule has 1 heterocycles. The number of aromatic nitrogens is 2. The van der Waals surface area contributed by atoms with Gasteiger partial charge in [-0.05, 0) is 41.5 Å². The van der Waals surface area contributed by atoms with Crippen LogP contribution in [0.2, 0.25) is 0 Å². The topological polar surface area (TPSA) is 80.4 Å². The van der Waals surface area contributed by atoms with Gasteiger partial charge in [0, 0.05) is 6.04 Å². The third kappa shape index (κ3) is 1.65. The van der Waals surface area contributed by atoms with Crippen LogP contribution in [0.4, 0.5) is 11.4 Å². The minimum Gasteiger partial charge on any atom is -0.381 e. The van der Waals surface area contributed by atoms with Gasteiger partial charge in [0.1, 0.15) is 5.69 Å². The molecular formula is C9H10N4O2. The summed E-state index contributed by atoms with van der Waals surface area (Å²) in [5.74, 6) is 0. The lowest BCUT2D eigenvalue weighted by atomic mass is 10.2. The Labute approximate surface area is 85.6 Å². The molecule has 15 heavy (non-hydrogen) atoms. The van der Waals surface area contributed by atoms with Gasteiger partial charge in [-0.2, -0.15) is 0 Å². The lowest BCUT2D eigenvalue weighted by Gasteiger charge is -2.09. The van der Waals surface area contributed by atoms with Crippen LogP contribution < -0.4 is 5.32 Å². The predicted molar refractivity (Wildman–Crippen MR) is 56.0 cm³/mol. The summed E-state index contributed by atoms with van der Waals surface area (Å²) in [6.45, 7) is 4.01. The smallest absolute Gasteiger partial charge is 0.166 e. The van der Waals surface area contributed by atoms with E-state index in [1.54, 1.807) is 12.1 Å². The normalized spacial score (nSPS) is 10.9. The Morgan fingerprint density at radius 1 is 1.33 bits per heavy atom. The molecule has 0 aliphatic rings. The van der Waals surface area contributed by atoms with E-state index < -0.39 is 0 Å². The number of hydrogen-bond acceptors (Lipinski definition) is 6. The number of nitroso groups, excluding NO2 is 1. The summed E-state index contributed by atoms with van der Waals surface area (Å²) in [6.07, 6.45) is 0. The molecule has 78 valence electrons. The van der Waals surface area contributed by atoms with Crippen LogP contribution in [0, 0.1) is 4.91 Å². The summed E-state index contributed by atoms with van der Waals surface area (Å²) < 4.78 is 4.59. The van der Waals surface area contributed by atoms with E-state index in [9.17, 15) is 4.91 Å². The van der Waals surface area contributed by atoms with Gasteiger partial charge in [0.2, 0.25) is 0 Å². The van der Waals surface area contributed by atoms with Gasteiger partial charge in [0.05, 0.1) is 5.69 Å². The van der Waals surface area contributed by atoms with Gasteiger partial charge in [-0.15, -0.1) is 4.91 Å². The van der Waals surface area contributed by atoms with Crippen molar-refractivity contribution in [1.29, 1.82) is 0 Å². The highest BCUT2D eigenvalue weighted by Gasteiger charge is 2.12. The van der Waals surface area contributed by atoms with Crippen molar-refractivity contribution in [2.45, 2.75) is 19.9 Å². The van der Waals surface area contributed by atoms with E-state index in [1.165, 1.54) is 0 Å². The minimum atomic E-state index is 0.237. The Kier molecular flexibility index (Phi) is 2.32. The van der Waals surface area contributed by atoms with Crippen LogP contribution in [0.3, 0.4) is 0 Å². The van der Waals surface area contributed by atoms with Crippen LogP contribution in [0.25, 0.3) is 11.0 Å². The number of anilines is 1. The maximum Gasteiger partial charge on any atom is 0.166 e. The molecule has 0 fully saturated rings. The molecule has 0 radical (unpaired) electrons. The lowest BCUT2D eigenvalue weighted by molar-refractivity contribution is 0.315. The number of rotatable bonds is 3. The Bertz CT molecular complexity index is 492. The summed E-state index contributed by atoms with van der Waals surface area (Å²) in [4.78, 5) is 10.5. The largest absolute Gasteiger partial charge is 0.381 e. The average Bonchev–Trinajstić information content (AvgIpc) is 2.66. The third-order valence-corrected chi connectivity index (χ3v) is 1.94. The second-order valence-corrected chi connectivity index (χ2v) is 3.48. The fourth-order valence-electron chi connectivity index (χ4n) is 1.35. The summed E-state index contributed by atoms with van der Waals surface area (Å²) in [5.41, 5.74) is 1.94. The molecule has 6 nitrogen and oxygen atoms in total. The quantitative estimate of drug-likeness (QED) is 0.780. The van der Waals surface area contributed by atoms with Crippen molar-refractivity contribution in [3.8, 4) is 0 Å². The van der Waals surface area contributed by atoms with E-state index in [1.807, 2.05) is 13.8 Å². The van der Waals surface area contributed by atoms with E-state index in [0.717, 1.165) is 5.69 Å². The third-order valence-electron chi connectivity index (χ3n) is 1.94. The fraction of sp³-hybridized carbons (Fsp3) is 0.333. The first-order valence-corrected chi connectivity index (χ1v) is 4.57. The predicted octanol–water partition coefficient (Wildman–Crippen LogP) is 2.44. The molecule has 0 atom stereocenters. The molecule has 0 amide bonds. The maximum absolute atomic E-state index is 10.5. The SMILES string of the molecule is CC(C)Nc1ccc(N=O)c2nonc12. The Balaban J connectivity index is 2.58. The van der Waals surface area contributed by atoms with Crippen LogP contribution in [-0.4, -0.2) is 16.4 Å². The van der Waals surface area contributed by atoms with Gasteiger partial charge in [-0.3, -0.25) is 0 Å². The highest BCUT2D eigenvalue weighted by molar-refractivity contribution is 5.94. The van der Waals surface area contributed by atoms with Crippen molar-refractivity contribution in [2.75, 3.05) is 5.32 Å². The van der Waals surface area contributed by atoms with E-state index in [-0.39, 0.29) is 11.7 Å². The molecule has 0 aliphatic carbocycles. The number of benzene rings is 1. The standard InChI is InChI=1S/C9H10N4O2/c1-5(2)10-6-3-4-7(11-14)9-8(6)12-15-13-9/h3-5,10H,1-2H3. The van der Waals surface area contributed by atoms with Crippen LogP contribution in [0.15, 0.2) is 21.9 Å². The Morgan fingerprint density at radius 3 is 2.73 bits per heavy atom. The molecule has 0 spiro atoms. The van der Waals surface area contributed by atoms with Gasteiger partial charge >= 0.3 is 0 Å². The van der Waals surface area contributed by atoms with Crippen molar-refractivity contribution in [1.82, 2.24) is 10.3 Å². The van der Waals surface area contributed by atoms with Gasteiger partial charge < -0.3 is 5.32 Å². The first-order chi connectivity index (χ1) is 7.22. The van der Waals surface area contributed by atoms with Gasteiger partial charge in [0.25, 0.3) is 0 Å². The molecule has 2 rings (SSSR count). The van der Waals surface area contributed by atoms with E-state index in [2.05, 4.69) is 25.4 Å². The molecule has 0 bridgehead atoms. The summed E-state index contributed by atoms with van der Waals surface area (Å²) in [5, 5.41) is 13.4. The number of fused-ring (bicyclic) bond motifs is 1. The zero-order valence-corrected chi connectivity index (χ0v) is 8.39. The van der Waals surface area contributed by atoms with Crippen LogP contribution in [0.5, 0.6) is 0 Å².